The fourth-order valence-corrected chi connectivity index (χ4v) is 5.58. The SMILES string of the molecule is CC(C)N1CCC(CC(=O)N2CCC(CCCNC(=O)N3Cc4ccncc4C3)CC2)CC1. The number of hydrogen-bond acceptors (Lipinski definition) is 4. The molecule has 0 bridgehead atoms. The van der Waals surface area contributed by atoms with E-state index in [-0.39, 0.29) is 6.03 Å². The molecule has 0 unspecified atom stereocenters. The van der Waals surface area contributed by atoms with Crippen LogP contribution in [0.15, 0.2) is 18.5 Å². The summed E-state index contributed by atoms with van der Waals surface area (Å²) in [6.45, 7) is 10.6. The highest BCUT2D eigenvalue weighted by Crippen LogP contribution is 2.26. The topological polar surface area (TPSA) is 68.8 Å². The molecule has 2 saturated heterocycles. The lowest BCUT2D eigenvalue weighted by molar-refractivity contribution is -0.134. The van der Waals surface area contributed by atoms with Gasteiger partial charge in [-0.3, -0.25) is 9.78 Å². The van der Waals surface area contributed by atoms with Crippen molar-refractivity contribution in [2.75, 3.05) is 32.7 Å². The van der Waals surface area contributed by atoms with Crippen LogP contribution in [0.5, 0.6) is 0 Å². The third-order valence-corrected chi connectivity index (χ3v) is 7.89. The maximum absolute atomic E-state index is 12.8. The lowest BCUT2D eigenvalue weighted by atomic mass is 9.90. The second kappa shape index (κ2) is 11.3. The van der Waals surface area contributed by atoms with Gasteiger partial charge in [0.15, 0.2) is 0 Å². The molecule has 3 aliphatic rings. The number of piperidine rings is 2. The number of nitrogens with zero attached hydrogens (tertiary/aromatic N) is 4. The van der Waals surface area contributed by atoms with E-state index in [1.54, 1.807) is 6.20 Å². The van der Waals surface area contributed by atoms with E-state index in [4.69, 9.17) is 0 Å². The number of likely N-dealkylation sites (tertiary alicyclic amines) is 2. The summed E-state index contributed by atoms with van der Waals surface area (Å²) < 4.78 is 0. The third kappa shape index (κ3) is 6.46. The second-order valence-corrected chi connectivity index (χ2v) is 10.5. The third-order valence-electron chi connectivity index (χ3n) is 7.89. The van der Waals surface area contributed by atoms with Crippen LogP contribution in [0.25, 0.3) is 0 Å². The van der Waals surface area contributed by atoms with Gasteiger partial charge in [-0.2, -0.15) is 0 Å². The number of hydrogen-bond donors (Lipinski definition) is 1. The average molecular weight is 456 g/mol. The van der Waals surface area contributed by atoms with E-state index in [9.17, 15) is 9.59 Å². The average Bonchev–Trinajstić information content (AvgIpc) is 3.27. The Kier molecular flexibility index (Phi) is 8.23. The predicted octanol–water partition coefficient (Wildman–Crippen LogP) is 3.64. The van der Waals surface area contributed by atoms with E-state index in [2.05, 4.69) is 33.9 Å². The zero-order valence-corrected chi connectivity index (χ0v) is 20.5. The summed E-state index contributed by atoms with van der Waals surface area (Å²) in [7, 11) is 0. The van der Waals surface area contributed by atoms with Crippen molar-refractivity contribution in [1.82, 2.24) is 25.0 Å². The van der Waals surface area contributed by atoms with E-state index in [1.165, 1.54) is 5.56 Å². The number of carbonyl (C=O) groups excluding carboxylic acids is 2. The fraction of sp³-hybridized carbons (Fsp3) is 0.731. The zero-order valence-electron chi connectivity index (χ0n) is 20.5. The van der Waals surface area contributed by atoms with Gasteiger partial charge in [0, 0.05) is 57.6 Å². The molecule has 4 heterocycles. The van der Waals surface area contributed by atoms with Crippen molar-refractivity contribution in [3.8, 4) is 0 Å². The van der Waals surface area contributed by atoms with Crippen LogP contribution in [0, 0.1) is 11.8 Å². The number of amides is 3. The summed E-state index contributed by atoms with van der Waals surface area (Å²) in [5.74, 6) is 1.60. The van der Waals surface area contributed by atoms with Gasteiger partial charge in [-0.1, -0.05) is 0 Å². The Balaban J connectivity index is 1.07. The molecule has 2 fully saturated rings. The molecule has 1 N–H and O–H groups in total. The van der Waals surface area contributed by atoms with E-state index >= 15 is 0 Å². The van der Waals surface area contributed by atoms with Gasteiger partial charge in [-0.25, -0.2) is 4.79 Å². The summed E-state index contributed by atoms with van der Waals surface area (Å²) >= 11 is 0. The van der Waals surface area contributed by atoms with Crippen molar-refractivity contribution in [1.29, 1.82) is 0 Å². The van der Waals surface area contributed by atoms with Crippen LogP contribution in [0.2, 0.25) is 0 Å². The first-order valence-corrected chi connectivity index (χ1v) is 13.0. The molecular weight excluding hydrogens is 414 g/mol. The summed E-state index contributed by atoms with van der Waals surface area (Å²) in [4.78, 5) is 35.9. The van der Waals surface area contributed by atoms with Gasteiger partial charge in [0.1, 0.15) is 0 Å². The molecule has 0 saturated carbocycles. The van der Waals surface area contributed by atoms with Gasteiger partial charge in [0.05, 0.1) is 0 Å². The lowest BCUT2D eigenvalue weighted by Crippen LogP contribution is -2.42. The van der Waals surface area contributed by atoms with Crippen LogP contribution in [0.3, 0.4) is 0 Å². The number of rotatable bonds is 7. The van der Waals surface area contributed by atoms with Gasteiger partial charge in [-0.15, -0.1) is 0 Å². The van der Waals surface area contributed by atoms with Crippen LogP contribution in [0.1, 0.15) is 69.9 Å². The molecular formula is C26H41N5O2. The van der Waals surface area contributed by atoms with Crippen LogP contribution in [-0.2, 0) is 17.9 Å². The van der Waals surface area contributed by atoms with Crippen molar-refractivity contribution in [3.63, 3.8) is 0 Å². The largest absolute Gasteiger partial charge is 0.343 e. The molecule has 0 aromatic carbocycles. The predicted molar refractivity (Wildman–Crippen MR) is 129 cm³/mol. The summed E-state index contributed by atoms with van der Waals surface area (Å²) in [6, 6.07) is 2.63. The van der Waals surface area contributed by atoms with Gasteiger partial charge in [0.25, 0.3) is 0 Å². The molecule has 3 amide bonds. The Hall–Kier alpha value is -2.15. The number of nitrogens with one attached hydrogen (secondary N) is 1. The van der Waals surface area contributed by atoms with Crippen molar-refractivity contribution in [2.24, 2.45) is 11.8 Å². The van der Waals surface area contributed by atoms with Crippen molar-refractivity contribution >= 4 is 11.9 Å². The molecule has 7 heteroatoms. The first-order chi connectivity index (χ1) is 16.0. The Morgan fingerprint density at radius 1 is 1.00 bits per heavy atom. The number of aromatic nitrogens is 1. The van der Waals surface area contributed by atoms with E-state index in [0.29, 0.717) is 36.9 Å². The van der Waals surface area contributed by atoms with Gasteiger partial charge in [-0.05, 0) is 94.5 Å². The Morgan fingerprint density at radius 2 is 1.70 bits per heavy atom. The van der Waals surface area contributed by atoms with Gasteiger partial charge in [0.2, 0.25) is 5.91 Å². The van der Waals surface area contributed by atoms with Gasteiger partial charge < -0.3 is 20.0 Å². The van der Waals surface area contributed by atoms with Gasteiger partial charge >= 0.3 is 6.03 Å². The molecule has 1 aromatic rings. The molecule has 1 aromatic heterocycles. The fourth-order valence-electron chi connectivity index (χ4n) is 5.58. The number of carbonyl (C=O) groups is 2. The smallest absolute Gasteiger partial charge is 0.318 e. The normalized spacial score (nSPS) is 20.3. The molecule has 4 rings (SSSR count). The van der Waals surface area contributed by atoms with Crippen LogP contribution in [-0.4, -0.2) is 70.4 Å². The zero-order chi connectivity index (χ0) is 23.2. The van der Waals surface area contributed by atoms with Crippen LogP contribution >= 0.6 is 0 Å². The Morgan fingerprint density at radius 3 is 2.39 bits per heavy atom. The molecule has 182 valence electrons. The quantitative estimate of drug-likeness (QED) is 0.638. The molecule has 0 spiro atoms. The minimum atomic E-state index is 0.0193. The van der Waals surface area contributed by atoms with Crippen molar-refractivity contribution < 1.29 is 9.59 Å². The van der Waals surface area contributed by atoms with E-state index in [0.717, 1.165) is 83.2 Å². The number of fused-ring (bicyclic) bond motifs is 1. The maximum Gasteiger partial charge on any atom is 0.318 e. The summed E-state index contributed by atoms with van der Waals surface area (Å²) in [6.07, 6.45) is 11.0. The highest BCUT2D eigenvalue weighted by atomic mass is 16.2. The number of pyridine rings is 1. The van der Waals surface area contributed by atoms with Crippen LogP contribution in [0.4, 0.5) is 4.79 Å². The van der Waals surface area contributed by atoms with Crippen molar-refractivity contribution in [3.05, 3.63) is 29.6 Å². The highest BCUT2D eigenvalue weighted by Gasteiger charge is 2.27. The molecule has 7 nitrogen and oxygen atoms in total. The maximum atomic E-state index is 12.8. The Bertz CT molecular complexity index is 773. The first-order valence-electron chi connectivity index (χ1n) is 13.0. The van der Waals surface area contributed by atoms with E-state index < -0.39 is 0 Å². The minimum Gasteiger partial charge on any atom is -0.343 e. The molecule has 0 radical (unpaired) electrons. The standard InChI is InChI=1S/C26H41N5O2/c1-20(2)29-12-8-22(9-13-29)16-25(32)30-14-6-21(7-15-30)4-3-10-28-26(33)31-18-23-5-11-27-17-24(23)19-31/h5,11,17,20-22H,3-4,6-10,12-16,18-19H2,1-2H3,(H,28,33). The summed E-state index contributed by atoms with van der Waals surface area (Å²) in [5, 5.41) is 3.08. The monoisotopic (exact) mass is 455 g/mol. The van der Waals surface area contributed by atoms with Crippen LogP contribution < -0.4 is 5.32 Å². The Labute approximate surface area is 198 Å². The second-order valence-electron chi connectivity index (χ2n) is 10.5. The summed E-state index contributed by atoms with van der Waals surface area (Å²) in [5.41, 5.74) is 2.34. The molecule has 3 aliphatic heterocycles. The molecule has 33 heavy (non-hydrogen) atoms. The van der Waals surface area contributed by atoms with E-state index in [1.807, 2.05) is 17.2 Å². The van der Waals surface area contributed by atoms with Crippen molar-refractivity contribution in [2.45, 2.75) is 77.9 Å². The lowest BCUT2D eigenvalue weighted by Gasteiger charge is -2.36. The minimum absolute atomic E-state index is 0.0193. The molecule has 0 aliphatic carbocycles. The molecule has 0 atom stereocenters. The highest BCUT2D eigenvalue weighted by molar-refractivity contribution is 5.76. The number of urea groups is 1. The first kappa shape index (κ1) is 24.0.